The Morgan fingerprint density at radius 2 is 2.12 bits per heavy atom. The van der Waals surface area contributed by atoms with Crippen LogP contribution in [-0.4, -0.2) is 39.9 Å². The zero-order chi connectivity index (χ0) is 17.1. The van der Waals surface area contributed by atoms with E-state index in [1.165, 1.54) is 11.3 Å². The highest BCUT2D eigenvalue weighted by Gasteiger charge is 2.29. The number of aromatic nitrogens is 2. The zero-order valence-corrected chi connectivity index (χ0v) is 13.7. The molecule has 1 atom stereocenters. The van der Waals surface area contributed by atoms with Gasteiger partial charge in [0.05, 0.1) is 11.3 Å². The summed E-state index contributed by atoms with van der Waals surface area (Å²) >= 11 is 1.40. The highest BCUT2D eigenvalue weighted by molar-refractivity contribution is 7.12. The van der Waals surface area contributed by atoms with Gasteiger partial charge in [0, 0.05) is 30.6 Å². The van der Waals surface area contributed by atoms with Crippen LogP contribution in [0.4, 0.5) is 0 Å². The fourth-order valence-electron chi connectivity index (χ4n) is 2.90. The summed E-state index contributed by atoms with van der Waals surface area (Å²) in [4.78, 5) is 50.2. The molecule has 3 rings (SSSR count). The number of likely N-dealkylation sites (tertiary alicyclic amines) is 1. The van der Waals surface area contributed by atoms with E-state index in [1.807, 2.05) is 11.4 Å². The van der Waals surface area contributed by atoms with Gasteiger partial charge >= 0.3 is 0 Å². The number of piperidine rings is 1. The zero-order valence-electron chi connectivity index (χ0n) is 12.9. The van der Waals surface area contributed by atoms with Crippen molar-refractivity contribution in [3.05, 3.63) is 54.7 Å². The Bertz CT molecular complexity index is 853. The summed E-state index contributed by atoms with van der Waals surface area (Å²) in [6.45, 7) is 0.921. The number of carbonyl (C=O) groups excluding carboxylic acids is 2. The van der Waals surface area contributed by atoms with Crippen LogP contribution in [0.3, 0.4) is 0 Å². The monoisotopic (exact) mass is 347 g/mol. The van der Waals surface area contributed by atoms with Crippen molar-refractivity contribution >= 4 is 23.0 Å². The van der Waals surface area contributed by atoms with E-state index in [-0.39, 0.29) is 29.6 Å². The highest BCUT2D eigenvalue weighted by Crippen LogP contribution is 2.23. The van der Waals surface area contributed by atoms with Gasteiger partial charge in [-0.25, -0.2) is 0 Å². The fourth-order valence-corrected chi connectivity index (χ4v) is 3.65. The van der Waals surface area contributed by atoms with Crippen LogP contribution in [0.15, 0.2) is 33.2 Å². The van der Waals surface area contributed by atoms with Gasteiger partial charge in [-0.15, -0.1) is 11.3 Å². The number of H-pyrrole nitrogens is 2. The van der Waals surface area contributed by atoms with Gasteiger partial charge in [0.2, 0.25) is 5.91 Å². The summed E-state index contributed by atoms with van der Waals surface area (Å²) in [6.07, 6.45) is 1.37. The smallest absolute Gasteiger partial charge is 0.266 e. The molecule has 0 spiro atoms. The van der Waals surface area contributed by atoms with Crippen molar-refractivity contribution in [3.8, 4) is 0 Å². The van der Waals surface area contributed by atoms with Crippen molar-refractivity contribution in [3.63, 3.8) is 0 Å². The predicted octanol–water partition coefficient (Wildman–Crippen LogP) is 0.789. The van der Waals surface area contributed by atoms with Crippen LogP contribution in [-0.2, 0) is 11.2 Å². The van der Waals surface area contributed by atoms with Crippen LogP contribution in [0.2, 0.25) is 0 Å². The molecule has 3 heterocycles. The number of hydrogen-bond acceptors (Lipinski definition) is 5. The van der Waals surface area contributed by atoms with E-state index in [4.69, 9.17) is 0 Å². The Morgan fingerprint density at radius 1 is 1.29 bits per heavy atom. The van der Waals surface area contributed by atoms with Gasteiger partial charge in [0.1, 0.15) is 0 Å². The first-order chi connectivity index (χ1) is 11.5. The molecule has 0 aliphatic carbocycles. The lowest BCUT2D eigenvalue weighted by Crippen LogP contribution is -2.43. The largest absolute Gasteiger partial charge is 0.342 e. The summed E-state index contributed by atoms with van der Waals surface area (Å²) in [7, 11) is 0. The minimum Gasteiger partial charge on any atom is -0.342 e. The van der Waals surface area contributed by atoms with Crippen molar-refractivity contribution in [1.29, 1.82) is 0 Å². The molecule has 1 aliphatic heterocycles. The number of hydrogen-bond donors (Lipinski definition) is 2. The number of nitrogens with one attached hydrogen (secondary N) is 2. The normalized spacial score (nSPS) is 17.7. The molecule has 0 aromatic carbocycles. The fraction of sp³-hybridized carbons (Fsp3) is 0.375. The summed E-state index contributed by atoms with van der Waals surface area (Å²) in [5.41, 5.74) is -0.802. The van der Waals surface area contributed by atoms with E-state index in [1.54, 1.807) is 11.0 Å². The minimum atomic E-state index is -0.480. The average molecular weight is 347 g/mol. The van der Waals surface area contributed by atoms with Gasteiger partial charge in [-0.05, 0) is 24.3 Å². The molecular formula is C16H17N3O4S. The van der Waals surface area contributed by atoms with Gasteiger partial charge in [-0.1, -0.05) is 6.07 Å². The summed E-state index contributed by atoms with van der Waals surface area (Å²) < 4.78 is 0. The lowest BCUT2D eigenvalue weighted by atomic mass is 9.92. The van der Waals surface area contributed by atoms with E-state index in [9.17, 15) is 19.2 Å². The number of rotatable bonds is 4. The molecule has 0 bridgehead atoms. The number of nitrogens with zero attached hydrogens (tertiary/aromatic N) is 1. The Morgan fingerprint density at radius 3 is 2.88 bits per heavy atom. The lowest BCUT2D eigenvalue weighted by molar-refractivity contribution is -0.131. The molecule has 0 saturated carbocycles. The molecular weight excluding hydrogens is 330 g/mol. The van der Waals surface area contributed by atoms with Gasteiger partial charge < -0.3 is 4.90 Å². The number of thiophene rings is 1. The maximum atomic E-state index is 12.5. The molecule has 1 fully saturated rings. The molecule has 126 valence electrons. The quantitative estimate of drug-likeness (QED) is 0.798. The van der Waals surface area contributed by atoms with Crippen LogP contribution in [0.5, 0.6) is 0 Å². The molecule has 1 aliphatic rings. The minimum absolute atomic E-state index is 0.0662. The molecule has 8 heteroatoms. The lowest BCUT2D eigenvalue weighted by Gasteiger charge is -2.31. The standard InChI is InChI=1S/C16H17N3O4S/c20-13-7-11(16(23)18-17-13)8-14(21)19-5-1-3-10(9-19)15(22)12-4-2-6-24-12/h2,4,6-7,10H,1,3,5,8-9H2,(H,17,20)(H,18,23)/t10-/m1/s1. The van der Waals surface area contributed by atoms with E-state index in [2.05, 4.69) is 10.2 Å². The van der Waals surface area contributed by atoms with Gasteiger partial charge in [0.25, 0.3) is 11.1 Å². The van der Waals surface area contributed by atoms with E-state index >= 15 is 0 Å². The first-order valence-electron chi connectivity index (χ1n) is 7.71. The number of carbonyl (C=O) groups is 2. The van der Waals surface area contributed by atoms with Crippen molar-refractivity contribution in [2.45, 2.75) is 19.3 Å². The third kappa shape index (κ3) is 3.53. The highest BCUT2D eigenvalue weighted by atomic mass is 32.1. The number of ketones is 1. The molecule has 0 unspecified atom stereocenters. The topological polar surface area (TPSA) is 103 Å². The molecule has 24 heavy (non-hydrogen) atoms. The van der Waals surface area contributed by atoms with Crippen LogP contribution in [0.25, 0.3) is 0 Å². The summed E-state index contributed by atoms with van der Waals surface area (Å²) in [5.74, 6) is -0.384. The molecule has 2 aromatic heterocycles. The van der Waals surface area contributed by atoms with Gasteiger partial charge in [-0.2, -0.15) is 0 Å². The third-order valence-electron chi connectivity index (χ3n) is 4.15. The Labute approximate surface area is 141 Å². The third-order valence-corrected chi connectivity index (χ3v) is 5.03. The first kappa shape index (κ1) is 16.4. The average Bonchev–Trinajstić information content (AvgIpc) is 3.12. The maximum Gasteiger partial charge on any atom is 0.266 e. The van der Waals surface area contributed by atoms with Crippen LogP contribution in [0, 0.1) is 5.92 Å². The van der Waals surface area contributed by atoms with Crippen molar-refractivity contribution in [2.24, 2.45) is 5.92 Å². The molecule has 7 nitrogen and oxygen atoms in total. The second kappa shape index (κ2) is 6.96. The van der Waals surface area contributed by atoms with Gasteiger partial charge in [-0.3, -0.25) is 29.4 Å². The number of aromatic amines is 2. The Hall–Kier alpha value is -2.48. The second-order valence-electron chi connectivity index (χ2n) is 5.81. The van der Waals surface area contributed by atoms with Crippen LogP contribution in [0.1, 0.15) is 28.1 Å². The number of amides is 1. The van der Waals surface area contributed by atoms with Crippen LogP contribution < -0.4 is 11.1 Å². The van der Waals surface area contributed by atoms with Crippen molar-refractivity contribution in [2.75, 3.05) is 13.1 Å². The Balaban J connectivity index is 1.69. The van der Waals surface area contributed by atoms with Gasteiger partial charge in [0.15, 0.2) is 5.78 Å². The summed E-state index contributed by atoms with van der Waals surface area (Å²) in [5, 5.41) is 6.23. The molecule has 0 radical (unpaired) electrons. The Kier molecular flexibility index (Phi) is 4.75. The van der Waals surface area contributed by atoms with E-state index in [0.717, 1.165) is 18.9 Å². The van der Waals surface area contributed by atoms with Crippen LogP contribution >= 0.6 is 11.3 Å². The predicted molar refractivity (Wildman–Crippen MR) is 89.3 cm³/mol. The molecule has 2 N–H and O–H groups in total. The van der Waals surface area contributed by atoms with E-state index in [0.29, 0.717) is 18.0 Å². The number of Topliss-reactive ketones (excluding diaryl/α,β-unsaturated/α-hetero) is 1. The second-order valence-corrected chi connectivity index (χ2v) is 6.76. The SMILES string of the molecule is O=C(c1cccs1)[C@@H]1CCCN(C(=O)Cc2cc(=O)[nH][nH]c2=O)C1. The maximum absolute atomic E-state index is 12.5. The first-order valence-corrected chi connectivity index (χ1v) is 8.59. The van der Waals surface area contributed by atoms with Crippen molar-refractivity contribution in [1.82, 2.24) is 15.1 Å². The summed E-state index contributed by atoms with van der Waals surface area (Å²) in [6, 6.07) is 4.77. The molecule has 2 aromatic rings. The molecule has 1 saturated heterocycles. The van der Waals surface area contributed by atoms with Crippen molar-refractivity contribution < 1.29 is 9.59 Å². The van der Waals surface area contributed by atoms with E-state index < -0.39 is 11.1 Å². The molecule has 1 amide bonds.